The Balaban J connectivity index is 3.29. The van der Waals surface area contributed by atoms with E-state index < -0.39 is 18.4 Å². The standard InChI is InChI=1S/C13H13BrO4/c1-2-10(8-3-5-9(14)6-4-8)11(13(17)18)7-12(15)16/h3-6H,2,7H2,1H3,(H,15,16)(H,17,18). The summed E-state index contributed by atoms with van der Waals surface area (Å²) in [4.78, 5) is 21.9. The normalized spacial score (nSPS) is 11.9. The molecule has 1 aromatic rings. The molecular formula is C13H13BrO4. The van der Waals surface area contributed by atoms with Crippen LogP contribution in [-0.4, -0.2) is 22.2 Å². The van der Waals surface area contributed by atoms with Crippen LogP contribution in [0.3, 0.4) is 0 Å². The molecule has 0 aromatic heterocycles. The van der Waals surface area contributed by atoms with Gasteiger partial charge in [0.2, 0.25) is 0 Å². The van der Waals surface area contributed by atoms with Gasteiger partial charge in [-0.3, -0.25) is 4.79 Å². The first-order chi connectivity index (χ1) is 8.45. The molecule has 0 saturated heterocycles. The molecule has 0 amide bonds. The Morgan fingerprint density at radius 2 is 1.72 bits per heavy atom. The molecule has 1 rings (SSSR count). The Morgan fingerprint density at radius 3 is 2.11 bits per heavy atom. The number of carbonyl (C=O) groups is 2. The van der Waals surface area contributed by atoms with E-state index >= 15 is 0 Å². The van der Waals surface area contributed by atoms with Gasteiger partial charge >= 0.3 is 11.9 Å². The van der Waals surface area contributed by atoms with Crippen molar-refractivity contribution in [1.29, 1.82) is 0 Å². The second-order valence-corrected chi connectivity index (χ2v) is 4.61. The van der Waals surface area contributed by atoms with Crippen LogP contribution in [-0.2, 0) is 9.59 Å². The molecule has 1 aromatic carbocycles. The average Bonchev–Trinajstić information content (AvgIpc) is 2.30. The van der Waals surface area contributed by atoms with Crippen molar-refractivity contribution in [1.82, 2.24) is 0 Å². The predicted octanol–water partition coefficient (Wildman–Crippen LogP) is 3.17. The van der Waals surface area contributed by atoms with Crippen LogP contribution in [0.4, 0.5) is 0 Å². The van der Waals surface area contributed by atoms with Gasteiger partial charge in [-0.15, -0.1) is 0 Å². The maximum atomic E-state index is 11.1. The predicted molar refractivity (Wildman–Crippen MR) is 71.2 cm³/mol. The third kappa shape index (κ3) is 3.70. The number of aliphatic carboxylic acids is 2. The number of hydrogen-bond donors (Lipinski definition) is 2. The van der Waals surface area contributed by atoms with E-state index in [4.69, 9.17) is 10.2 Å². The van der Waals surface area contributed by atoms with Gasteiger partial charge in [-0.05, 0) is 29.7 Å². The molecule has 5 heteroatoms. The number of benzene rings is 1. The van der Waals surface area contributed by atoms with Crippen LogP contribution in [0.1, 0.15) is 25.3 Å². The molecule has 0 aliphatic rings. The number of carboxylic acid groups (broad SMARTS) is 2. The highest BCUT2D eigenvalue weighted by Gasteiger charge is 2.17. The fraction of sp³-hybridized carbons (Fsp3) is 0.231. The van der Waals surface area contributed by atoms with Crippen LogP contribution in [0.2, 0.25) is 0 Å². The van der Waals surface area contributed by atoms with E-state index in [0.717, 1.165) is 10.0 Å². The molecule has 0 bridgehead atoms. The molecule has 18 heavy (non-hydrogen) atoms. The minimum absolute atomic E-state index is 0.0627. The van der Waals surface area contributed by atoms with Crippen LogP contribution in [0.15, 0.2) is 34.3 Å². The van der Waals surface area contributed by atoms with E-state index in [1.807, 2.05) is 6.92 Å². The van der Waals surface area contributed by atoms with Crippen molar-refractivity contribution < 1.29 is 19.8 Å². The van der Waals surface area contributed by atoms with Crippen molar-refractivity contribution in [2.45, 2.75) is 19.8 Å². The molecule has 0 aliphatic carbocycles. The van der Waals surface area contributed by atoms with Gasteiger partial charge in [-0.25, -0.2) is 4.79 Å². The summed E-state index contributed by atoms with van der Waals surface area (Å²) in [6.45, 7) is 1.81. The number of rotatable bonds is 5. The van der Waals surface area contributed by atoms with Gasteiger partial charge in [-0.2, -0.15) is 0 Å². The molecule has 0 spiro atoms. The molecule has 0 atom stereocenters. The lowest BCUT2D eigenvalue weighted by molar-refractivity contribution is -0.139. The third-order valence-electron chi connectivity index (χ3n) is 2.50. The highest BCUT2D eigenvalue weighted by atomic mass is 79.9. The van der Waals surface area contributed by atoms with Crippen LogP contribution in [0.5, 0.6) is 0 Å². The van der Waals surface area contributed by atoms with Crippen LogP contribution < -0.4 is 0 Å². The van der Waals surface area contributed by atoms with Crippen LogP contribution >= 0.6 is 15.9 Å². The number of hydrogen-bond acceptors (Lipinski definition) is 2. The highest BCUT2D eigenvalue weighted by Crippen LogP contribution is 2.25. The molecule has 0 radical (unpaired) electrons. The van der Waals surface area contributed by atoms with Gasteiger partial charge in [0.1, 0.15) is 0 Å². The molecule has 4 nitrogen and oxygen atoms in total. The molecular weight excluding hydrogens is 300 g/mol. The summed E-state index contributed by atoms with van der Waals surface area (Å²) in [7, 11) is 0. The number of allylic oxidation sites excluding steroid dienone is 1. The van der Waals surface area contributed by atoms with Gasteiger partial charge in [0.15, 0.2) is 0 Å². The smallest absolute Gasteiger partial charge is 0.332 e. The van der Waals surface area contributed by atoms with Crippen LogP contribution in [0.25, 0.3) is 5.57 Å². The van der Waals surface area contributed by atoms with Gasteiger partial charge in [-0.1, -0.05) is 35.0 Å². The quantitative estimate of drug-likeness (QED) is 0.819. The zero-order valence-electron chi connectivity index (χ0n) is 9.81. The van der Waals surface area contributed by atoms with Crippen molar-refractivity contribution in [2.75, 3.05) is 0 Å². The number of halogens is 1. The summed E-state index contributed by atoms with van der Waals surface area (Å²) in [5.41, 5.74) is 1.23. The third-order valence-corrected chi connectivity index (χ3v) is 3.03. The van der Waals surface area contributed by atoms with E-state index in [1.54, 1.807) is 24.3 Å². The lowest BCUT2D eigenvalue weighted by Crippen LogP contribution is -2.09. The van der Waals surface area contributed by atoms with Crippen molar-refractivity contribution >= 4 is 33.4 Å². The van der Waals surface area contributed by atoms with E-state index in [2.05, 4.69) is 15.9 Å². The van der Waals surface area contributed by atoms with Crippen molar-refractivity contribution in [2.24, 2.45) is 0 Å². The summed E-state index contributed by atoms with van der Waals surface area (Å²) < 4.78 is 0.886. The first-order valence-electron chi connectivity index (χ1n) is 5.38. The van der Waals surface area contributed by atoms with E-state index in [9.17, 15) is 9.59 Å². The maximum absolute atomic E-state index is 11.1. The Bertz CT molecular complexity index is 488. The van der Waals surface area contributed by atoms with Gasteiger partial charge in [0, 0.05) is 4.47 Å². The highest BCUT2D eigenvalue weighted by molar-refractivity contribution is 9.10. The SMILES string of the molecule is CCC(=C(CC(=O)O)C(=O)O)c1ccc(Br)cc1. The molecule has 0 heterocycles. The molecule has 0 unspecified atom stereocenters. The molecule has 0 saturated carbocycles. The summed E-state index contributed by atoms with van der Waals surface area (Å²) >= 11 is 3.30. The van der Waals surface area contributed by atoms with E-state index in [-0.39, 0.29) is 5.57 Å². The first kappa shape index (κ1) is 14.4. The van der Waals surface area contributed by atoms with E-state index in [1.165, 1.54) is 0 Å². The molecule has 0 fully saturated rings. The Morgan fingerprint density at radius 1 is 1.17 bits per heavy atom. The molecule has 96 valence electrons. The zero-order valence-corrected chi connectivity index (χ0v) is 11.4. The second-order valence-electron chi connectivity index (χ2n) is 3.69. The lowest BCUT2D eigenvalue weighted by Gasteiger charge is -2.10. The molecule has 2 N–H and O–H groups in total. The van der Waals surface area contributed by atoms with Gasteiger partial charge < -0.3 is 10.2 Å². The zero-order chi connectivity index (χ0) is 13.7. The Kier molecular flexibility index (Phi) is 5.09. The monoisotopic (exact) mass is 312 g/mol. The topological polar surface area (TPSA) is 74.6 Å². The minimum Gasteiger partial charge on any atom is -0.481 e. The fourth-order valence-electron chi connectivity index (χ4n) is 1.71. The van der Waals surface area contributed by atoms with Crippen molar-refractivity contribution in [3.05, 3.63) is 39.9 Å². The lowest BCUT2D eigenvalue weighted by atomic mass is 9.96. The maximum Gasteiger partial charge on any atom is 0.332 e. The first-order valence-corrected chi connectivity index (χ1v) is 6.18. The fourth-order valence-corrected chi connectivity index (χ4v) is 1.97. The largest absolute Gasteiger partial charge is 0.481 e. The summed E-state index contributed by atoms with van der Waals surface area (Å²) in [6.07, 6.45) is -0.00881. The summed E-state index contributed by atoms with van der Waals surface area (Å²) in [5.74, 6) is -2.33. The van der Waals surface area contributed by atoms with Crippen LogP contribution in [0, 0.1) is 0 Å². The van der Waals surface area contributed by atoms with Crippen molar-refractivity contribution in [3.8, 4) is 0 Å². The average molecular weight is 313 g/mol. The Labute approximate surface area is 113 Å². The summed E-state index contributed by atoms with van der Waals surface area (Å²) in [5, 5.41) is 17.9. The van der Waals surface area contributed by atoms with Gasteiger partial charge in [0.25, 0.3) is 0 Å². The minimum atomic E-state index is -1.18. The molecule has 0 aliphatic heterocycles. The Hall–Kier alpha value is -1.62. The number of carboxylic acids is 2. The van der Waals surface area contributed by atoms with Gasteiger partial charge in [0.05, 0.1) is 12.0 Å². The van der Waals surface area contributed by atoms with Crippen molar-refractivity contribution in [3.63, 3.8) is 0 Å². The summed E-state index contributed by atoms with van der Waals surface area (Å²) in [6, 6.07) is 7.14. The van der Waals surface area contributed by atoms with E-state index in [0.29, 0.717) is 12.0 Å². The second kappa shape index (κ2) is 6.35.